The number of hydrogen-bond donors (Lipinski definition) is 1. The molecule has 0 saturated heterocycles. The molecule has 0 bridgehead atoms. The average molecular weight is 250 g/mol. The predicted octanol–water partition coefficient (Wildman–Crippen LogP) is 1.88. The minimum absolute atomic E-state index is 0.102. The van der Waals surface area contributed by atoms with Crippen molar-refractivity contribution in [2.45, 2.75) is 6.92 Å². The lowest BCUT2D eigenvalue weighted by Crippen LogP contribution is -2.11. The molecule has 1 N–H and O–H groups in total. The molecule has 0 amide bonds. The van der Waals surface area contributed by atoms with E-state index in [1.54, 1.807) is 24.4 Å². The first kappa shape index (κ1) is 11.5. The number of nitrogens with one attached hydrogen (secondary N) is 1. The molecule has 2 aromatic rings. The van der Waals surface area contributed by atoms with Gasteiger partial charge in [0.2, 0.25) is 5.78 Å². The van der Waals surface area contributed by atoms with Gasteiger partial charge in [-0.05, 0) is 18.4 Å². The Balaban J connectivity index is 2.31. The van der Waals surface area contributed by atoms with Crippen molar-refractivity contribution < 1.29 is 14.3 Å². The van der Waals surface area contributed by atoms with Gasteiger partial charge in [-0.1, -0.05) is 6.07 Å². The van der Waals surface area contributed by atoms with Gasteiger partial charge in [-0.15, -0.1) is 11.3 Å². The Morgan fingerprint density at radius 2 is 2.35 bits per heavy atom. The predicted molar refractivity (Wildman–Crippen MR) is 62.3 cm³/mol. The minimum Gasteiger partial charge on any atom is -0.461 e. The second kappa shape index (κ2) is 4.92. The number of hydrogen-bond acceptors (Lipinski definition) is 5. The Bertz CT molecular complexity index is 531. The standard InChI is InChI=1S/C11H10N2O3S/c1-2-16-11(15)9-7(6-12-13-9)10(14)8-4-3-5-17-8/h3-6H,2H2,1H3,(H,12,13). The summed E-state index contributed by atoms with van der Waals surface area (Å²) in [5.74, 6) is -0.790. The first-order valence-corrected chi connectivity index (χ1v) is 5.90. The van der Waals surface area contributed by atoms with Crippen molar-refractivity contribution >= 4 is 23.1 Å². The monoisotopic (exact) mass is 250 g/mol. The van der Waals surface area contributed by atoms with Gasteiger partial charge in [-0.3, -0.25) is 9.89 Å². The number of thiophene rings is 1. The maximum absolute atomic E-state index is 12.0. The van der Waals surface area contributed by atoms with Crippen LogP contribution < -0.4 is 0 Å². The third-order valence-electron chi connectivity index (χ3n) is 2.11. The summed E-state index contributed by atoms with van der Waals surface area (Å²) in [5, 5.41) is 8.01. The van der Waals surface area contributed by atoms with Gasteiger partial charge in [0.1, 0.15) is 0 Å². The van der Waals surface area contributed by atoms with E-state index in [0.29, 0.717) is 4.88 Å². The molecule has 2 heterocycles. The maximum atomic E-state index is 12.0. The average Bonchev–Trinajstić information content (AvgIpc) is 3.00. The fourth-order valence-electron chi connectivity index (χ4n) is 1.36. The zero-order chi connectivity index (χ0) is 12.3. The van der Waals surface area contributed by atoms with Crippen LogP contribution in [-0.2, 0) is 4.74 Å². The molecule has 0 aliphatic heterocycles. The van der Waals surface area contributed by atoms with Crippen molar-refractivity contribution in [1.29, 1.82) is 0 Å². The lowest BCUT2D eigenvalue weighted by molar-refractivity contribution is 0.0516. The number of aromatic amines is 1. The van der Waals surface area contributed by atoms with Crippen molar-refractivity contribution in [1.82, 2.24) is 10.2 Å². The molecule has 2 rings (SSSR count). The van der Waals surface area contributed by atoms with Crippen LogP contribution in [0.15, 0.2) is 23.7 Å². The molecule has 0 aliphatic carbocycles. The van der Waals surface area contributed by atoms with Gasteiger partial charge in [-0.2, -0.15) is 5.10 Å². The van der Waals surface area contributed by atoms with Gasteiger partial charge in [0.25, 0.3) is 0 Å². The molecule has 0 atom stereocenters. The molecule has 0 spiro atoms. The highest BCUT2D eigenvalue weighted by Crippen LogP contribution is 2.17. The van der Waals surface area contributed by atoms with Crippen molar-refractivity contribution in [2.24, 2.45) is 0 Å². The summed E-state index contributed by atoms with van der Waals surface area (Å²) < 4.78 is 4.84. The number of ether oxygens (including phenoxy) is 1. The van der Waals surface area contributed by atoms with E-state index in [4.69, 9.17) is 4.74 Å². The van der Waals surface area contributed by atoms with Crippen LogP contribution in [0.3, 0.4) is 0 Å². The van der Waals surface area contributed by atoms with E-state index in [0.717, 1.165) is 0 Å². The third-order valence-corrected chi connectivity index (χ3v) is 2.98. The number of carbonyl (C=O) groups excluding carboxylic acids is 2. The third kappa shape index (κ3) is 2.26. The van der Waals surface area contributed by atoms with Crippen molar-refractivity contribution in [3.63, 3.8) is 0 Å². The van der Waals surface area contributed by atoms with E-state index in [2.05, 4.69) is 10.2 Å². The molecule has 0 aromatic carbocycles. The summed E-state index contributed by atoms with van der Waals surface area (Å²) in [5.41, 5.74) is 0.344. The summed E-state index contributed by atoms with van der Waals surface area (Å²) in [7, 11) is 0. The lowest BCUT2D eigenvalue weighted by Gasteiger charge is -2.00. The Hall–Kier alpha value is -1.95. The zero-order valence-corrected chi connectivity index (χ0v) is 9.91. The smallest absolute Gasteiger partial charge is 0.357 e. The van der Waals surface area contributed by atoms with Crippen molar-refractivity contribution in [3.05, 3.63) is 39.8 Å². The molecule has 6 heteroatoms. The number of carbonyl (C=O) groups is 2. The Kier molecular flexibility index (Phi) is 3.34. The van der Waals surface area contributed by atoms with E-state index < -0.39 is 5.97 Å². The van der Waals surface area contributed by atoms with Crippen molar-refractivity contribution in [3.8, 4) is 0 Å². The Labute approximate surface area is 101 Å². The fraction of sp³-hybridized carbons (Fsp3) is 0.182. The highest BCUT2D eigenvalue weighted by Gasteiger charge is 2.21. The highest BCUT2D eigenvalue weighted by atomic mass is 32.1. The first-order chi connectivity index (χ1) is 8.24. The molecule has 5 nitrogen and oxygen atoms in total. The van der Waals surface area contributed by atoms with Gasteiger partial charge in [0.05, 0.1) is 23.2 Å². The number of nitrogens with zero attached hydrogens (tertiary/aromatic N) is 1. The van der Waals surface area contributed by atoms with Gasteiger partial charge >= 0.3 is 5.97 Å². The molecule has 17 heavy (non-hydrogen) atoms. The maximum Gasteiger partial charge on any atom is 0.357 e. The van der Waals surface area contributed by atoms with Crippen LogP contribution in [0, 0.1) is 0 Å². The first-order valence-electron chi connectivity index (χ1n) is 5.02. The topological polar surface area (TPSA) is 72.1 Å². The van der Waals surface area contributed by atoms with Gasteiger partial charge in [-0.25, -0.2) is 4.79 Å². The summed E-state index contributed by atoms with van der Waals surface area (Å²) in [4.78, 5) is 24.2. The largest absolute Gasteiger partial charge is 0.461 e. The molecule has 0 radical (unpaired) electrons. The van der Waals surface area contributed by atoms with E-state index in [1.807, 2.05) is 0 Å². The molecule has 0 fully saturated rings. The molecule has 2 aromatic heterocycles. The Morgan fingerprint density at radius 3 is 3.00 bits per heavy atom. The zero-order valence-electron chi connectivity index (χ0n) is 9.10. The minimum atomic E-state index is -0.565. The number of rotatable bonds is 4. The van der Waals surface area contributed by atoms with Gasteiger partial charge < -0.3 is 4.74 Å². The van der Waals surface area contributed by atoms with E-state index in [9.17, 15) is 9.59 Å². The van der Waals surface area contributed by atoms with Crippen molar-refractivity contribution in [2.75, 3.05) is 6.61 Å². The van der Waals surface area contributed by atoms with Crippen LogP contribution in [0.1, 0.15) is 32.6 Å². The van der Waals surface area contributed by atoms with Crippen LogP contribution in [0.5, 0.6) is 0 Å². The van der Waals surface area contributed by atoms with Crippen LogP contribution in [0.2, 0.25) is 0 Å². The number of ketones is 1. The quantitative estimate of drug-likeness (QED) is 0.664. The molecule has 88 valence electrons. The van der Waals surface area contributed by atoms with E-state index in [1.165, 1.54) is 17.5 Å². The molecular formula is C11H10N2O3S. The summed E-state index contributed by atoms with van der Waals surface area (Å²) >= 11 is 1.32. The van der Waals surface area contributed by atoms with Crippen LogP contribution in [-0.4, -0.2) is 28.6 Å². The van der Waals surface area contributed by atoms with E-state index in [-0.39, 0.29) is 23.6 Å². The molecule has 0 unspecified atom stereocenters. The summed E-state index contributed by atoms with van der Waals surface area (Å²) in [6.45, 7) is 1.96. The Morgan fingerprint density at radius 1 is 1.53 bits per heavy atom. The second-order valence-corrected chi connectivity index (χ2v) is 4.13. The number of aromatic nitrogens is 2. The second-order valence-electron chi connectivity index (χ2n) is 3.19. The van der Waals surface area contributed by atoms with Gasteiger partial charge in [0, 0.05) is 0 Å². The van der Waals surface area contributed by atoms with Crippen LogP contribution in [0.25, 0.3) is 0 Å². The highest BCUT2D eigenvalue weighted by molar-refractivity contribution is 7.12. The molecule has 0 aliphatic rings. The van der Waals surface area contributed by atoms with Crippen LogP contribution in [0.4, 0.5) is 0 Å². The number of H-pyrrole nitrogens is 1. The fourth-order valence-corrected chi connectivity index (χ4v) is 2.04. The lowest BCUT2D eigenvalue weighted by atomic mass is 10.1. The van der Waals surface area contributed by atoms with Crippen LogP contribution >= 0.6 is 11.3 Å². The van der Waals surface area contributed by atoms with E-state index >= 15 is 0 Å². The summed E-state index contributed by atoms with van der Waals surface area (Å²) in [6.07, 6.45) is 1.34. The molecule has 0 saturated carbocycles. The van der Waals surface area contributed by atoms with Gasteiger partial charge in [0.15, 0.2) is 5.69 Å². The number of esters is 1. The SMILES string of the molecule is CCOC(=O)c1[nH]ncc1C(=O)c1cccs1. The normalized spacial score (nSPS) is 10.2. The summed E-state index contributed by atoms with van der Waals surface area (Å²) in [6, 6.07) is 3.48. The molecular weight excluding hydrogens is 240 g/mol.